The highest BCUT2D eigenvalue weighted by atomic mass is 16.2. The van der Waals surface area contributed by atoms with Crippen LogP contribution in [0.2, 0.25) is 0 Å². The molecular weight excluding hydrogens is 248 g/mol. The van der Waals surface area contributed by atoms with Crippen LogP contribution in [0.25, 0.3) is 0 Å². The molecule has 4 aliphatic carbocycles. The number of nitriles is 1. The summed E-state index contributed by atoms with van der Waals surface area (Å²) in [7, 11) is 0. The van der Waals surface area contributed by atoms with Crippen molar-refractivity contribution in [2.75, 3.05) is 6.54 Å². The minimum atomic E-state index is -0.145. The number of hydrogen-bond acceptors (Lipinski definition) is 2. The van der Waals surface area contributed by atoms with Crippen molar-refractivity contribution < 1.29 is 4.79 Å². The molecule has 0 N–H and O–H groups in total. The molecule has 1 atom stereocenters. The molecule has 0 aromatic rings. The quantitative estimate of drug-likeness (QED) is 0.789. The Kier molecular flexibility index (Phi) is 3.52. The minimum Gasteiger partial charge on any atom is -0.337 e. The molecule has 3 nitrogen and oxygen atoms in total. The lowest BCUT2D eigenvalue weighted by atomic mass is 9.52. The molecule has 4 rings (SSSR count). The van der Waals surface area contributed by atoms with Gasteiger partial charge in [0.25, 0.3) is 0 Å². The van der Waals surface area contributed by atoms with Crippen LogP contribution >= 0.6 is 0 Å². The second-order valence-corrected chi connectivity index (χ2v) is 7.49. The van der Waals surface area contributed by atoms with E-state index in [1.807, 2.05) is 6.92 Å². The molecule has 0 spiro atoms. The van der Waals surface area contributed by atoms with Gasteiger partial charge in [0.1, 0.15) is 0 Å². The third kappa shape index (κ3) is 2.14. The van der Waals surface area contributed by atoms with Crippen molar-refractivity contribution in [2.24, 2.45) is 23.7 Å². The lowest BCUT2D eigenvalue weighted by molar-refractivity contribution is -0.153. The summed E-state index contributed by atoms with van der Waals surface area (Å²) in [6.45, 7) is 4.82. The molecule has 4 fully saturated rings. The van der Waals surface area contributed by atoms with Gasteiger partial charge in [-0.1, -0.05) is 6.92 Å². The third-order valence-electron chi connectivity index (χ3n) is 5.98. The zero-order valence-electron chi connectivity index (χ0n) is 12.8. The summed E-state index contributed by atoms with van der Waals surface area (Å²) in [4.78, 5) is 14.9. The first-order chi connectivity index (χ1) is 9.58. The van der Waals surface area contributed by atoms with Gasteiger partial charge in [0.2, 0.25) is 5.91 Å². The van der Waals surface area contributed by atoms with E-state index in [9.17, 15) is 4.79 Å². The third-order valence-corrected chi connectivity index (χ3v) is 5.98. The van der Waals surface area contributed by atoms with E-state index in [1.54, 1.807) is 0 Å². The average Bonchev–Trinajstić information content (AvgIpc) is 2.37. The number of carbonyl (C=O) groups is 1. The zero-order valence-corrected chi connectivity index (χ0v) is 12.8. The lowest BCUT2D eigenvalue weighted by Gasteiger charge is -2.60. The summed E-state index contributed by atoms with van der Waals surface area (Å²) in [5.74, 6) is 2.64. The first-order valence-electron chi connectivity index (χ1n) is 8.26. The van der Waals surface area contributed by atoms with Crippen molar-refractivity contribution in [1.82, 2.24) is 4.90 Å². The van der Waals surface area contributed by atoms with E-state index in [0.29, 0.717) is 6.42 Å². The largest absolute Gasteiger partial charge is 0.337 e. The summed E-state index contributed by atoms with van der Waals surface area (Å²) in [5.41, 5.74) is 0.143. The SMILES string of the molecule is CCN(C(=O)C(C)CC#N)C12CC3CC(CC(C3)C1)C2. The minimum absolute atomic E-state index is 0.143. The summed E-state index contributed by atoms with van der Waals surface area (Å²) in [6.07, 6.45) is 8.21. The van der Waals surface area contributed by atoms with Crippen molar-refractivity contribution in [3.8, 4) is 6.07 Å². The molecule has 4 saturated carbocycles. The fourth-order valence-corrected chi connectivity index (χ4v) is 5.61. The molecule has 0 heterocycles. The topological polar surface area (TPSA) is 44.1 Å². The number of rotatable bonds is 4. The Balaban J connectivity index is 1.82. The molecule has 0 aromatic carbocycles. The van der Waals surface area contributed by atoms with Gasteiger partial charge >= 0.3 is 0 Å². The summed E-state index contributed by atoms with van der Waals surface area (Å²) in [5, 5.41) is 8.85. The fraction of sp³-hybridized carbons (Fsp3) is 0.882. The average molecular weight is 274 g/mol. The molecule has 0 aliphatic heterocycles. The van der Waals surface area contributed by atoms with Crippen molar-refractivity contribution in [1.29, 1.82) is 5.26 Å². The van der Waals surface area contributed by atoms with Crippen molar-refractivity contribution in [3.05, 3.63) is 0 Å². The van der Waals surface area contributed by atoms with E-state index >= 15 is 0 Å². The normalized spacial score (nSPS) is 39.4. The maximum absolute atomic E-state index is 12.8. The molecule has 1 amide bonds. The standard InChI is InChI=1S/C17H26N2O/c1-3-19(16(20)12(2)4-5-18)17-9-13-6-14(10-17)8-15(7-13)11-17/h12-15H,3-4,6-11H2,1-2H3. The summed E-state index contributed by atoms with van der Waals surface area (Å²) in [6, 6.07) is 2.15. The van der Waals surface area contributed by atoms with Gasteiger partial charge in [0.15, 0.2) is 0 Å². The second kappa shape index (κ2) is 5.06. The maximum Gasteiger partial charge on any atom is 0.226 e. The highest BCUT2D eigenvalue weighted by Gasteiger charge is 2.54. The Hall–Kier alpha value is -1.04. The van der Waals surface area contributed by atoms with Crippen LogP contribution in [0.3, 0.4) is 0 Å². The van der Waals surface area contributed by atoms with Crippen LogP contribution in [0.15, 0.2) is 0 Å². The Labute approximate surface area is 122 Å². The Morgan fingerprint density at radius 2 is 1.75 bits per heavy atom. The predicted molar refractivity (Wildman–Crippen MR) is 77.7 cm³/mol. The molecule has 20 heavy (non-hydrogen) atoms. The Morgan fingerprint density at radius 1 is 1.25 bits per heavy atom. The summed E-state index contributed by atoms with van der Waals surface area (Å²) < 4.78 is 0. The van der Waals surface area contributed by atoms with E-state index in [1.165, 1.54) is 38.5 Å². The van der Waals surface area contributed by atoms with E-state index < -0.39 is 0 Å². The maximum atomic E-state index is 12.8. The molecule has 0 saturated heterocycles. The van der Waals surface area contributed by atoms with Crippen LogP contribution in [0.4, 0.5) is 0 Å². The van der Waals surface area contributed by atoms with Crippen LogP contribution in [-0.2, 0) is 4.79 Å². The van der Waals surface area contributed by atoms with Crippen molar-refractivity contribution in [3.63, 3.8) is 0 Å². The van der Waals surface area contributed by atoms with E-state index in [0.717, 1.165) is 24.3 Å². The van der Waals surface area contributed by atoms with Gasteiger partial charge in [-0.15, -0.1) is 0 Å². The molecule has 1 unspecified atom stereocenters. The molecule has 4 aliphatic rings. The van der Waals surface area contributed by atoms with Crippen LogP contribution in [0.1, 0.15) is 58.8 Å². The van der Waals surface area contributed by atoms with E-state index in [-0.39, 0.29) is 17.4 Å². The fourth-order valence-electron chi connectivity index (χ4n) is 5.61. The molecule has 0 radical (unpaired) electrons. The zero-order chi connectivity index (χ0) is 14.3. The van der Waals surface area contributed by atoms with E-state index in [4.69, 9.17) is 5.26 Å². The lowest BCUT2D eigenvalue weighted by Crippen LogP contribution is -2.62. The highest BCUT2D eigenvalue weighted by molar-refractivity contribution is 5.79. The van der Waals surface area contributed by atoms with Gasteiger partial charge in [0, 0.05) is 24.4 Å². The van der Waals surface area contributed by atoms with Gasteiger partial charge in [-0.05, 0) is 63.2 Å². The van der Waals surface area contributed by atoms with E-state index in [2.05, 4.69) is 17.9 Å². The smallest absolute Gasteiger partial charge is 0.226 e. The number of carbonyl (C=O) groups excluding carboxylic acids is 1. The molecular formula is C17H26N2O. The molecule has 0 aromatic heterocycles. The number of hydrogen-bond donors (Lipinski definition) is 0. The highest BCUT2D eigenvalue weighted by Crippen LogP contribution is 2.57. The van der Waals surface area contributed by atoms with Gasteiger partial charge in [-0.25, -0.2) is 0 Å². The van der Waals surface area contributed by atoms with Gasteiger partial charge in [0.05, 0.1) is 6.07 Å². The van der Waals surface area contributed by atoms with Gasteiger partial charge in [-0.2, -0.15) is 5.26 Å². The second-order valence-electron chi connectivity index (χ2n) is 7.49. The Bertz CT molecular complexity index is 401. The summed E-state index contributed by atoms with van der Waals surface area (Å²) >= 11 is 0. The first-order valence-corrected chi connectivity index (χ1v) is 8.26. The van der Waals surface area contributed by atoms with Crippen LogP contribution in [0.5, 0.6) is 0 Å². The van der Waals surface area contributed by atoms with Crippen molar-refractivity contribution in [2.45, 2.75) is 64.3 Å². The van der Waals surface area contributed by atoms with Crippen LogP contribution in [0, 0.1) is 35.0 Å². The Morgan fingerprint density at radius 3 is 2.15 bits per heavy atom. The van der Waals surface area contributed by atoms with Gasteiger partial charge < -0.3 is 4.90 Å². The van der Waals surface area contributed by atoms with Crippen LogP contribution < -0.4 is 0 Å². The number of nitrogens with zero attached hydrogens (tertiary/aromatic N) is 2. The predicted octanol–water partition coefficient (Wildman–Crippen LogP) is 3.35. The monoisotopic (exact) mass is 274 g/mol. The molecule has 3 heteroatoms. The number of amides is 1. The molecule has 110 valence electrons. The van der Waals surface area contributed by atoms with Crippen LogP contribution in [-0.4, -0.2) is 22.9 Å². The first kappa shape index (κ1) is 13.9. The van der Waals surface area contributed by atoms with Crippen molar-refractivity contribution >= 4 is 5.91 Å². The molecule has 4 bridgehead atoms. The van der Waals surface area contributed by atoms with Gasteiger partial charge in [-0.3, -0.25) is 4.79 Å².